The van der Waals surface area contributed by atoms with Crippen LogP contribution in [0, 0.1) is 18.3 Å². The maximum absolute atomic E-state index is 12.6. The number of aromatic nitrogens is 2. The van der Waals surface area contributed by atoms with Crippen LogP contribution in [0.5, 0.6) is 11.5 Å². The van der Waals surface area contributed by atoms with Crippen molar-refractivity contribution in [2.24, 2.45) is 7.05 Å². The van der Waals surface area contributed by atoms with Gasteiger partial charge < -0.3 is 9.47 Å². The number of aryl methyl sites for hydroxylation is 2. The first-order chi connectivity index (χ1) is 10.1. The zero-order valence-electron chi connectivity index (χ0n) is 11.7. The van der Waals surface area contributed by atoms with Gasteiger partial charge in [0.25, 0.3) is 0 Å². The Morgan fingerprint density at radius 3 is 2.86 bits per heavy atom. The molecule has 0 aliphatic carbocycles. The van der Waals surface area contributed by atoms with Crippen molar-refractivity contribution < 1.29 is 14.3 Å². The van der Waals surface area contributed by atoms with E-state index in [1.54, 1.807) is 43.0 Å². The van der Waals surface area contributed by atoms with Gasteiger partial charge in [-0.05, 0) is 24.6 Å². The van der Waals surface area contributed by atoms with Gasteiger partial charge in [-0.3, -0.25) is 9.48 Å². The van der Waals surface area contributed by atoms with Crippen LogP contribution < -0.4 is 9.47 Å². The summed E-state index contributed by atoms with van der Waals surface area (Å²) in [5, 5.41) is 13.5. The fourth-order valence-corrected chi connectivity index (χ4v) is 2.37. The number of rotatable bonds is 3. The maximum atomic E-state index is 12.6. The van der Waals surface area contributed by atoms with Crippen LogP contribution in [0.2, 0.25) is 0 Å². The second kappa shape index (κ2) is 4.94. The molecule has 21 heavy (non-hydrogen) atoms. The first-order valence-electron chi connectivity index (χ1n) is 6.44. The summed E-state index contributed by atoms with van der Waals surface area (Å²) in [4.78, 5) is 12.6. The molecule has 1 aliphatic rings. The summed E-state index contributed by atoms with van der Waals surface area (Å²) < 4.78 is 12.1. The molecule has 0 spiro atoms. The van der Waals surface area contributed by atoms with Gasteiger partial charge in [-0.1, -0.05) is 6.07 Å². The molecule has 0 N–H and O–H groups in total. The molecule has 2 aromatic rings. The van der Waals surface area contributed by atoms with E-state index < -0.39 is 5.92 Å². The molecule has 1 aliphatic heterocycles. The van der Waals surface area contributed by atoms with E-state index in [2.05, 4.69) is 11.2 Å². The first-order valence-corrected chi connectivity index (χ1v) is 6.44. The SMILES string of the molecule is Cc1nn(C)cc1C(=O)C(C#N)c1ccc2c(c1)OCO2. The van der Waals surface area contributed by atoms with E-state index in [1.807, 2.05) is 0 Å². The van der Waals surface area contributed by atoms with Gasteiger partial charge in [0.2, 0.25) is 6.79 Å². The topological polar surface area (TPSA) is 77.1 Å². The molecule has 1 aromatic heterocycles. The Hall–Kier alpha value is -2.81. The van der Waals surface area contributed by atoms with Gasteiger partial charge in [0.15, 0.2) is 17.3 Å². The van der Waals surface area contributed by atoms with Crippen LogP contribution in [0.3, 0.4) is 0 Å². The third-order valence-electron chi connectivity index (χ3n) is 3.40. The van der Waals surface area contributed by atoms with Gasteiger partial charge in [-0.2, -0.15) is 10.4 Å². The van der Waals surface area contributed by atoms with Gasteiger partial charge >= 0.3 is 0 Å². The number of Topliss-reactive ketones (excluding diaryl/α,β-unsaturated/α-hetero) is 1. The molecular formula is C15H13N3O3. The second-order valence-corrected chi connectivity index (χ2v) is 4.84. The van der Waals surface area contributed by atoms with Crippen LogP contribution in [0.25, 0.3) is 0 Å². The van der Waals surface area contributed by atoms with E-state index in [0.29, 0.717) is 28.3 Å². The van der Waals surface area contributed by atoms with Crippen LogP contribution in [0.15, 0.2) is 24.4 Å². The monoisotopic (exact) mass is 283 g/mol. The molecule has 0 saturated heterocycles. The third-order valence-corrected chi connectivity index (χ3v) is 3.40. The predicted molar refractivity (Wildman–Crippen MR) is 73.2 cm³/mol. The van der Waals surface area contributed by atoms with Gasteiger partial charge in [-0.25, -0.2) is 0 Å². The lowest BCUT2D eigenvalue weighted by atomic mass is 9.92. The highest BCUT2D eigenvalue weighted by Crippen LogP contribution is 2.35. The molecule has 6 nitrogen and oxygen atoms in total. The minimum Gasteiger partial charge on any atom is -0.454 e. The van der Waals surface area contributed by atoms with Gasteiger partial charge in [0.1, 0.15) is 5.92 Å². The highest BCUT2D eigenvalue weighted by molar-refractivity contribution is 6.03. The molecule has 0 radical (unpaired) electrons. The Morgan fingerprint density at radius 1 is 1.43 bits per heavy atom. The number of hydrogen-bond donors (Lipinski definition) is 0. The molecule has 2 heterocycles. The Kier molecular flexibility index (Phi) is 3.10. The molecule has 1 atom stereocenters. The van der Waals surface area contributed by atoms with Crippen molar-refractivity contribution in [2.75, 3.05) is 6.79 Å². The second-order valence-electron chi connectivity index (χ2n) is 4.84. The molecule has 1 aromatic carbocycles. The van der Waals surface area contributed by atoms with Gasteiger partial charge in [-0.15, -0.1) is 0 Å². The summed E-state index contributed by atoms with van der Waals surface area (Å²) in [7, 11) is 1.74. The molecular weight excluding hydrogens is 270 g/mol. The molecule has 0 fully saturated rings. The van der Waals surface area contributed by atoms with Crippen molar-refractivity contribution in [1.82, 2.24) is 9.78 Å². The number of nitriles is 1. The van der Waals surface area contributed by atoms with E-state index in [9.17, 15) is 10.1 Å². The molecule has 6 heteroatoms. The fourth-order valence-electron chi connectivity index (χ4n) is 2.37. The quantitative estimate of drug-likeness (QED) is 0.804. The predicted octanol–water partition coefficient (Wildman–Crippen LogP) is 1.95. The van der Waals surface area contributed by atoms with E-state index in [-0.39, 0.29) is 12.6 Å². The van der Waals surface area contributed by atoms with E-state index in [4.69, 9.17) is 9.47 Å². The number of carbonyl (C=O) groups is 1. The Labute approximate surface area is 121 Å². The zero-order valence-corrected chi connectivity index (χ0v) is 11.7. The number of nitrogens with zero attached hydrogens (tertiary/aromatic N) is 3. The Bertz CT molecular complexity index is 758. The molecule has 106 valence electrons. The number of hydrogen-bond acceptors (Lipinski definition) is 5. The summed E-state index contributed by atoms with van der Waals surface area (Å²) in [6.45, 7) is 1.91. The average molecular weight is 283 g/mol. The van der Waals surface area contributed by atoms with Crippen molar-refractivity contribution in [1.29, 1.82) is 5.26 Å². The number of ether oxygens (including phenoxy) is 2. The minimum absolute atomic E-state index is 0.158. The van der Waals surface area contributed by atoms with E-state index in [1.165, 1.54) is 0 Å². The third kappa shape index (κ3) is 2.23. The first kappa shape index (κ1) is 13.2. The van der Waals surface area contributed by atoms with Gasteiger partial charge in [0.05, 0.1) is 17.3 Å². The number of ketones is 1. The summed E-state index contributed by atoms with van der Waals surface area (Å²) in [6, 6.07) is 7.17. The highest BCUT2D eigenvalue weighted by atomic mass is 16.7. The highest BCUT2D eigenvalue weighted by Gasteiger charge is 2.26. The molecule has 0 saturated carbocycles. The molecule has 3 rings (SSSR count). The molecule has 0 bridgehead atoms. The largest absolute Gasteiger partial charge is 0.454 e. The average Bonchev–Trinajstić information content (AvgIpc) is 3.05. The smallest absolute Gasteiger partial charge is 0.231 e. The normalized spacial score (nSPS) is 13.8. The van der Waals surface area contributed by atoms with Crippen LogP contribution in [-0.2, 0) is 7.05 Å². The van der Waals surface area contributed by atoms with Crippen molar-refractivity contribution >= 4 is 5.78 Å². The van der Waals surface area contributed by atoms with Crippen LogP contribution in [-0.4, -0.2) is 22.4 Å². The number of benzene rings is 1. The lowest BCUT2D eigenvalue weighted by Crippen LogP contribution is -2.11. The number of fused-ring (bicyclic) bond motifs is 1. The zero-order chi connectivity index (χ0) is 15.0. The summed E-state index contributed by atoms with van der Waals surface area (Å²) in [5.41, 5.74) is 1.67. The van der Waals surface area contributed by atoms with E-state index >= 15 is 0 Å². The van der Waals surface area contributed by atoms with Crippen molar-refractivity contribution in [3.05, 3.63) is 41.2 Å². The Morgan fingerprint density at radius 2 is 2.19 bits per heavy atom. The summed E-state index contributed by atoms with van der Waals surface area (Å²) in [5.74, 6) is 0.0354. The van der Waals surface area contributed by atoms with Crippen molar-refractivity contribution in [3.63, 3.8) is 0 Å². The molecule has 0 amide bonds. The molecule has 1 unspecified atom stereocenters. The lowest BCUT2D eigenvalue weighted by Gasteiger charge is -2.08. The minimum atomic E-state index is -0.887. The van der Waals surface area contributed by atoms with Crippen LogP contribution >= 0.6 is 0 Å². The van der Waals surface area contributed by atoms with Crippen molar-refractivity contribution in [3.8, 4) is 17.6 Å². The number of carbonyl (C=O) groups excluding carboxylic acids is 1. The van der Waals surface area contributed by atoms with Crippen LogP contribution in [0.4, 0.5) is 0 Å². The van der Waals surface area contributed by atoms with Crippen LogP contribution in [0.1, 0.15) is 27.5 Å². The summed E-state index contributed by atoms with van der Waals surface area (Å²) in [6.07, 6.45) is 1.63. The standard InChI is InChI=1S/C15H13N3O3/c1-9-12(7-18(2)17-9)15(19)11(6-16)10-3-4-13-14(5-10)21-8-20-13/h3-5,7,11H,8H2,1-2H3. The summed E-state index contributed by atoms with van der Waals surface area (Å²) >= 11 is 0. The fraction of sp³-hybridized carbons (Fsp3) is 0.267. The Balaban J connectivity index is 1.97. The van der Waals surface area contributed by atoms with Gasteiger partial charge in [0, 0.05) is 13.2 Å². The van der Waals surface area contributed by atoms with E-state index in [0.717, 1.165) is 0 Å². The lowest BCUT2D eigenvalue weighted by molar-refractivity contribution is 0.0978. The van der Waals surface area contributed by atoms with Crippen molar-refractivity contribution in [2.45, 2.75) is 12.8 Å². The maximum Gasteiger partial charge on any atom is 0.231 e.